The Morgan fingerprint density at radius 2 is 1.71 bits per heavy atom. The van der Waals surface area contributed by atoms with Crippen LogP contribution in [0, 0.1) is 13.8 Å². The van der Waals surface area contributed by atoms with Crippen LogP contribution in [0.5, 0.6) is 0 Å². The van der Waals surface area contributed by atoms with Crippen LogP contribution in [0.3, 0.4) is 0 Å². The number of rotatable bonds is 8. The minimum absolute atomic E-state index is 0.139. The van der Waals surface area contributed by atoms with Crippen LogP contribution in [0.2, 0.25) is 0 Å². The van der Waals surface area contributed by atoms with Gasteiger partial charge in [-0.15, -0.1) is 0 Å². The highest BCUT2D eigenvalue weighted by Crippen LogP contribution is 2.23. The Hall–Kier alpha value is -3.77. The number of hydrogen-bond donors (Lipinski definition) is 2. The second-order valence-electron chi connectivity index (χ2n) is 8.79. The molecule has 0 spiro atoms. The van der Waals surface area contributed by atoms with E-state index in [4.69, 9.17) is 0 Å². The first-order valence-corrected chi connectivity index (χ1v) is 11.5. The van der Waals surface area contributed by atoms with Crippen molar-refractivity contribution in [2.45, 2.75) is 32.7 Å². The predicted octanol–water partition coefficient (Wildman–Crippen LogP) is 5.17. The average Bonchev–Trinajstić information content (AvgIpc) is 3.18. The lowest BCUT2D eigenvalue weighted by atomic mass is 9.98. The van der Waals surface area contributed by atoms with E-state index in [1.165, 1.54) is 11.1 Å². The van der Waals surface area contributed by atoms with Gasteiger partial charge in [-0.1, -0.05) is 67.1 Å². The number of anilines is 1. The van der Waals surface area contributed by atoms with E-state index in [2.05, 4.69) is 58.8 Å². The number of pyridine rings is 1. The predicted molar refractivity (Wildman–Crippen MR) is 137 cm³/mol. The third-order valence-corrected chi connectivity index (χ3v) is 6.01. The largest absolute Gasteiger partial charge is 0.309 e. The molecule has 174 valence electrons. The molecule has 34 heavy (non-hydrogen) atoms. The smallest absolute Gasteiger partial charge is 0.247 e. The van der Waals surface area contributed by atoms with Gasteiger partial charge in [-0.3, -0.25) is 9.48 Å². The van der Waals surface area contributed by atoms with Gasteiger partial charge in [0.15, 0.2) is 0 Å². The van der Waals surface area contributed by atoms with Crippen LogP contribution in [0.4, 0.5) is 5.82 Å². The van der Waals surface area contributed by atoms with Gasteiger partial charge in [0.1, 0.15) is 11.9 Å². The van der Waals surface area contributed by atoms with Gasteiger partial charge in [0, 0.05) is 37.1 Å². The molecule has 0 fully saturated rings. The maximum atomic E-state index is 13.3. The SMILES string of the molecule is Cc1ccc([C@H](C)CN[C@H](C(=O)Nc2ccc(-c3cn(C)nc3C)cn2)c2ccccc2)cc1. The van der Waals surface area contributed by atoms with Crippen LogP contribution in [0.1, 0.15) is 41.3 Å². The Morgan fingerprint density at radius 3 is 2.32 bits per heavy atom. The lowest BCUT2D eigenvalue weighted by Crippen LogP contribution is -2.35. The number of benzene rings is 2. The lowest BCUT2D eigenvalue weighted by Gasteiger charge is -2.21. The molecule has 2 N–H and O–H groups in total. The molecule has 0 bridgehead atoms. The highest BCUT2D eigenvalue weighted by Gasteiger charge is 2.22. The molecule has 4 aromatic rings. The molecule has 0 aliphatic carbocycles. The van der Waals surface area contributed by atoms with Crippen molar-refractivity contribution in [3.63, 3.8) is 0 Å². The van der Waals surface area contributed by atoms with Crippen LogP contribution in [0.15, 0.2) is 79.1 Å². The van der Waals surface area contributed by atoms with E-state index in [-0.39, 0.29) is 11.8 Å². The van der Waals surface area contributed by atoms with Crippen molar-refractivity contribution < 1.29 is 4.79 Å². The maximum absolute atomic E-state index is 13.3. The summed E-state index contributed by atoms with van der Waals surface area (Å²) in [5, 5.41) is 10.8. The number of nitrogens with zero attached hydrogens (tertiary/aromatic N) is 3. The number of aromatic nitrogens is 3. The highest BCUT2D eigenvalue weighted by atomic mass is 16.2. The Kier molecular flexibility index (Phi) is 7.18. The normalized spacial score (nSPS) is 12.8. The van der Waals surface area contributed by atoms with Crippen molar-refractivity contribution >= 4 is 11.7 Å². The summed E-state index contributed by atoms with van der Waals surface area (Å²) in [4.78, 5) is 17.8. The summed E-state index contributed by atoms with van der Waals surface area (Å²) in [5.41, 5.74) is 6.34. The lowest BCUT2D eigenvalue weighted by molar-refractivity contribution is -0.118. The molecule has 6 nitrogen and oxygen atoms in total. The molecule has 2 aromatic carbocycles. The molecule has 0 saturated heterocycles. The van der Waals surface area contributed by atoms with Crippen LogP contribution < -0.4 is 10.6 Å². The standard InChI is InChI=1S/C28H31N5O/c1-19-10-12-22(13-11-19)20(2)16-30-27(23-8-6-5-7-9-23)28(34)31-26-15-14-24(17-29-26)25-18-33(4)32-21(25)3/h5-15,17-18,20,27,30H,16H2,1-4H3,(H,29,31,34)/t20-,27+/m1/s1. The molecule has 2 aromatic heterocycles. The first-order chi connectivity index (χ1) is 16.4. The van der Waals surface area contributed by atoms with Gasteiger partial charge in [-0.05, 0) is 43.0 Å². The second-order valence-corrected chi connectivity index (χ2v) is 8.79. The molecule has 0 radical (unpaired) electrons. The number of carbonyl (C=O) groups excluding carboxylic acids is 1. The average molecular weight is 454 g/mol. The Balaban J connectivity index is 1.47. The zero-order valence-corrected chi connectivity index (χ0v) is 20.1. The summed E-state index contributed by atoms with van der Waals surface area (Å²) in [6.45, 7) is 6.89. The van der Waals surface area contributed by atoms with E-state index >= 15 is 0 Å². The fraction of sp³-hybridized carbons (Fsp3) is 0.250. The number of nitrogens with one attached hydrogen (secondary N) is 2. The molecule has 0 saturated carbocycles. The molecule has 0 aliphatic rings. The first kappa shape index (κ1) is 23.4. The van der Waals surface area contributed by atoms with Gasteiger partial charge in [0.2, 0.25) is 5.91 Å². The summed E-state index contributed by atoms with van der Waals surface area (Å²) in [5.74, 6) is 0.643. The van der Waals surface area contributed by atoms with Crippen LogP contribution in [-0.4, -0.2) is 27.2 Å². The fourth-order valence-electron chi connectivity index (χ4n) is 4.02. The van der Waals surface area contributed by atoms with Crippen LogP contribution >= 0.6 is 0 Å². The molecular formula is C28H31N5O. The monoisotopic (exact) mass is 453 g/mol. The number of amides is 1. The van der Waals surface area contributed by atoms with Crippen LogP contribution in [-0.2, 0) is 11.8 Å². The zero-order valence-electron chi connectivity index (χ0n) is 20.1. The quantitative estimate of drug-likeness (QED) is 0.386. The van der Waals surface area contributed by atoms with Crippen molar-refractivity contribution in [2.75, 3.05) is 11.9 Å². The van der Waals surface area contributed by atoms with E-state index in [9.17, 15) is 4.79 Å². The number of hydrogen-bond acceptors (Lipinski definition) is 4. The minimum atomic E-state index is -0.490. The first-order valence-electron chi connectivity index (χ1n) is 11.5. The fourth-order valence-corrected chi connectivity index (χ4v) is 4.02. The second kappa shape index (κ2) is 10.4. The molecular weight excluding hydrogens is 422 g/mol. The number of aryl methyl sites for hydroxylation is 3. The van der Waals surface area contributed by atoms with Crippen molar-refractivity contribution in [3.8, 4) is 11.1 Å². The van der Waals surface area contributed by atoms with Gasteiger partial charge in [-0.2, -0.15) is 5.10 Å². The molecule has 0 aliphatic heterocycles. The summed E-state index contributed by atoms with van der Waals surface area (Å²) in [6, 6.07) is 21.6. The summed E-state index contributed by atoms with van der Waals surface area (Å²) in [7, 11) is 1.90. The maximum Gasteiger partial charge on any atom is 0.247 e. The Bertz CT molecular complexity index is 1230. The third-order valence-electron chi connectivity index (χ3n) is 6.01. The van der Waals surface area contributed by atoms with Gasteiger partial charge < -0.3 is 10.6 Å². The van der Waals surface area contributed by atoms with E-state index < -0.39 is 6.04 Å². The van der Waals surface area contributed by atoms with Crippen molar-refractivity contribution in [1.29, 1.82) is 0 Å². The number of carbonyl (C=O) groups is 1. The Labute approximate surface area is 201 Å². The molecule has 1 amide bonds. The molecule has 0 unspecified atom stereocenters. The van der Waals surface area contributed by atoms with E-state index in [0.29, 0.717) is 12.4 Å². The molecule has 2 atom stereocenters. The zero-order chi connectivity index (χ0) is 24.1. The van der Waals surface area contributed by atoms with Crippen molar-refractivity contribution in [1.82, 2.24) is 20.1 Å². The summed E-state index contributed by atoms with van der Waals surface area (Å²) >= 11 is 0. The van der Waals surface area contributed by atoms with E-state index in [1.807, 2.05) is 62.6 Å². The van der Waals surface area contributed by atoms with Gasteiger partial charge in [-0.25, -0.2) is 4.98 Å². The molecule has 6 heteroatoms. The van der Waals surface area contributed by atoms with E-state index in [0.717, 1.165) is 22.4 Å². The van der Waals surface area contributed by atoms with Crippen LogP contribution in [0.25, 0.3) is 11.1 Å². The Morgan fingerprint density at radius 1 is 0.971 bits per heavy atom. The summed E-state index contributed by atoms with van der Waals surface area (Å²) < 4.78 is 1.79. The minimum Gasteiger partial charge on any atom is -0.309 e. The van der Waals surface area contributed by atoms with Gasteiger partial charge in [0.05, 0.1) is 5.69 Å². The van der Waals surface area contributed by atoms with Gasteiger partial charge in [0.25, 0.3) is 0 Å². The third kappa shape index (κ3) is 5.58. The van der Waals surface area contributed by atoms with Crippen molar-refractivity contribution in [2.24, 2.45) is 7.05 Å². The molecule has 2 heterocycles. The highest BCUT2D eigenvalue weighted by molar-refractivity contribution is 5.95. The van der Waals surface area contributed by atoms with Crippen molar-refractivity contribution in [3.05, 3.63) is 102 Å². The topological polar surface area (TPSA) is 71.8 Å². The van der Waals surface area contributed by atoms with E-state index in [1.54, 1.807) is 10.9 Å². The van der Waals surface area contributed by atoms with Gasteiger partial charge >= 0.3 is 0 Å². The summed E-state index contributed by atoms with van der Waals surface area (Å²) in [6.07, 6.45) is 3.74. The molecule has 4 rings (SSSR count).